The molecule has 0 aliphatic rings. The standard InChI is InChI=1S/C23H22N4O4/c1-4-18(28)26-21-19(23(29)31-5-2)20-22(25-17-9-7-6-8-16(17)24-20)27(21)14-10-12-15(30-3)13-11-14/h6-13H,4-5H2,1-3H3,(H,26,28). The molecule has 0 aliphatic heterocycles. The number of methoxy groups -OCH3 is 1. The number of hydrogen-bond donors (Lipinski definition) is 1. The first kappa shape index (κ1) is 20.3. The first-order valence-electron chi connectivity index (χ1n) is 10.00. The molecule has 8 nitrogen and oxygen atoms in total. The van der Waals surface area contributed by atoms with E-state index in [9.17, 15) is 9.59 Å². The summed E-state index contributed by atoms with van der Waals surface area (Å²) in [6.07, 6.45) is 0.245. The largest absolute Gasteiger partial charge is 0.497 e. The van der Waals surface area contributed by atoms with Crippen molar-refractivity contribution >= 4 is 39.9 Å². The molecule has 0 atom stereocenters. The maximum Gasteiger partial charge on any atom is 0.344 e. The Morgan fingerprint density at radius 2 is 1.68 bits per heavy atom. The maximum absolute atomic E-state index is 13.0. The minimum atomic E-state index is -0.573. The van der Waals surface area contributed by atoms with Crippen LogP contribution in [0.4, 0.5) is 5.82 Å². The summed E-state index contributed by atoms with van der Waals surface area (Å²) >= 11 is 0. The molecule has 8 heteroatoms. The van der Waals surface area contributed by atoms with Gasteiger partial charge in [0, 0.05) is 12.1 Å². The highest BCUT2D eigenvalue weighted by molar-refractivity contribution is 6.11. The minimum absolute atomic E-state index is 0.174. The Balaban J connectivity index is 2.10. The first-order valence-corrected chi connectivity index (χ1v) is 10.00. The summed E-state index contributed by atoms with van der Waals surface area (Å²) in [5, 5.41) is 2.85. The molecule has 0 bridgehead atoms. The van der Waals surface area contributed by atoms with Crippen LogP contribution in [-0.4, -0.2) is 40.1 Å². The Morgan fingerprint density at radius 1 is 1.00 bits per heavy atom. The highest BCUT2D eigenvalue weighted by Gasteiger charge is 2.28. The summed E-state index contributed by atoms with van der Waals surface area (Å²) in [5.74, 6) is 0.144. The number of aromatic nitrogens is 3. The second-order valence-electron chi connectivity index (χ2n) is 6.76. The van der Waals surface area contributed by atoms with E-state index in [4.69, 9.17) is 19.4 Å². The van der Waals surface area contributed by atoms with Crippen LogP contribution < -0.4 is 10.1 Å². The van der Waals surface area contributed by atoms with Crippen molar-refractivity contribution < 1.29 is 19.1 Å². The Bertz CT molecular complexity index is 1280. The third-order valence-electron chi connectivity index (χ3n) is 4.85. The number of hydrogen-bond acceptors (Lipinski definition) is 6. The number of nitrogens with zero attached hydrogens (tertiary/aromatic N) is 3. The summed E-state index contributed by atoms with van der Waals surface area (Å²) in [6.45, 7) is 3.66. The monoisotopic (exact) mass is 418 g/mol. The van der Waals surface area contributed by atoms with Crippen molar-refractivity contribution in [2.75, 3.05) is 19.0 Å². The summed E-state index contributed by atoms with van der Waals surface area (Å²) in [5.41, 5.74) is 2.98. The molecule has 1 amide bonds. The molecule has 158 valence electrons. The number of ether oxygens (including phenoxy) is 2. The van der Waals surface area contributed by atoms with Crippen LogP contribution in [0, 0.1) is 0 Å². The van der Waals surface area contributed by atoms with Gasteiger partial charge in [-0.3, -0.25) is 9.36 Å². The summed E-state index contributed by atoms with van der Waals surface area (Å²) in [7, 11) is 1.59. The van der Waals surface area contributed by atoms with Gasteiger partial charge in [0.15, 0.2) is 5.65 Å². The van der Waals surface area contributed by atoms with Crippen molar-refractivity contribution in [3.8, 4) is 11.4 Å². The van der Waals surface area contributed by atoms with Gasteiger partial charge >= 0.3 is 5.97 Å². The van der Waals surface area contributed by atoms with Crippen LogP contribution in [0.2, 0.25) is 0 Å². The van der Waals surface area contributed by atoms with Gasteiger partial charge in [0.1, 0.15) is 22.6 Å². The molecule has 0 aliphatic carbocycles. The second-order valence-corrected chi connectivity index (χ2v) is 6.76. The minimum Gasteiger partial charge on any atom is -0.497 e. The maximum atomic E-state index is 13.0. The second kappa shape index (κ2) is 8.43. The number of esters is 1. The van der Waals surface area contributed by atoms with E-state index >= 15 is 0 Å². The van der Waals surface area contributed by atoms with E-state index in [1.165, 1.54) is 0 Å². The van der Waals surface area contributed by atoms with E-state index in [2.05, 4.69) is 5.32 Å². The molecular weight excluding hydrogens is 396 g/mol. The van der Waals surface area contributed by atoms with Gasteiger partial charge in [0.25, 0.3) is 0 Å². The average Bonchev–Trinajstić information content (AvgIpc) is 3.10. The van der Waals surface area contributed by atoms with Crippen molar-refractivity contribution in [2.45, 2.75) is 20.3 Å². The lowest BCUT2D eigenvalue weighted by Gasteiger charge is -2.13. The van der Waals surface area contributed by atoms with Gasteiger partial charge in [0.05, 0.1) is 24.8 Å². The molecule has 0 unspecified atom stereocenters. The lowest BCUT2D eigenvalue weighted by molar-refractivity contribution is -0.115. The third-order valence-corrected chi connectivity index (χ3v) is 4.85. The molecule has 0 saturated carbocycles. The van der Waals surface area contributed by atoms with Gasteiger partial charge in [-0.1, -0.05) is 19.1 Å². The summed E-state index contributed by atoms with van der Waals surface area (Å²) in [4.78, 5) is 34.8. The van der Waals surface area contributed by atoms with E-state index in [1.54, 1.807) is 37.7 Å². The number of anilines is 1. The predicted molar refractivity (Wildman–Crippen MR) is 118 cm³/mol. The van der Waals surface area contributed by atoms with Gasteiger partial charge < -0.3 is 14.8 Å². The lowest BCUT2D eigenvalue weighted by Crippen LogP contribution is -2.16. The van der Waals surface area contributed by atoms with Crippen molar-refractivity contribution in [3.63, 3.8) is 0 Å². The van der Waals surface area contributed by atoms with E-state index in [1.807, 2.05) is 36.4 Å². The van der Waals surface area contributed by atoms with Crippen LogP contribution in [0.1, 0.15) is 30.6 Å². The Morgan fingerprint density at radius 3 is 2.29 bits per heavy atom. The van der Waals surface area contributed by atoms with Crippen LogP contribution in [0.3, 0.4) is 0 Å². The zero-order chi connectivity index (χ0) is 22.0. The Labute approximate surface area is 178 Å². The fourth-order valence-electron chi connectivity index (χ4n) is 3.36. The molecule has 0 fully saturated rings. The highest BCUT2D eigenvalue weighted by Crippen LogP contribution is 2.34. The van der Waals surface area contributed by atoms with Crippen molar-refractivity contribution in [1.29, 1.82) is 0 Å². The number of fused-ring (bicyclic) bond motifs is 2. The number of carbonyl (C=O) groups excluding carboxylic acids is 2. The number of nitrogens with one attached hydrogen (secondary N) is 1. The zero-order valence-electron chi connectivity index (χ0n) is 17.5. The molecule has 0 radical (unpaired) electrons. The van der Waals surface area contributed by atoms with Crippen molar-refractivity contribution in [1.82, 2.24) is 14.5 Å². The van der Waals surface area contributed by atoms with E-state index in [0.717, 1.165) is 0 Å². The Hall–Kier alpha value is -3.94. The molecule has 1 N–H and O–H groups in total. The number of benzene rings is 2. The number of carbonyl (C=O) groups is 2. The van der Waals surface area contributed by atoms with E-state index in [-0.39, 0.29) is 30.3 Å². The van der Waals surface area contributed by atoms with Gasteiger partial charge in [-0.25, -0.2) is 14.8 Å². The highest BCUT2D eigenvalue weighted by atomic mass is 16.5. The normalized spacial score (nSPS) is 10.9. The summed E-state index contributed by atoms with van der Waals surface area (Å²) < 4.78 is 12.3. The number of rotatable bonds is 6. The molecular formula is C23H22N4O4. The molecule has 0 saturated heterocycles. The smallest absolute Gasteiger partial charge is 0.344 e. The van der Waals surface area contributed by atoms with Crippen LogP contribution in [0.25, 0.3) is 27.9 Å². The molecule has 2 aromatic carbocycles. The van der Waals surface area contributed by atoms with Gasteiger partial charge in [-0.2, -0.15) is 0 Å². The van der Waals surface area contributed by atoms with Crippen molar-refractivity contribution in [3.05, 3.63) is 54.1 Å². The third kappa shape index (κ3) is 3.68. The summed E-state index contributed by atoms with van der Waals surface area (Å²) in [6, 6.07) is 14.6. The van der Waals surface area contributed by atoms with Crippen LogP contribution in [0.15, 0.2) is 48.5 Å². The fourth-order valence-corrected chi connectivity index (χ4v) is 3.36. The van der Waals surface area contributed by atoms with Gasteiger partial charge in [0.2, 0.25) is 5.91 Å². The fraction of sp³-hybridized carbons (Fsp3) is 0.217. The molecule has 0 spiro atoms. The predicted octanol–water partition coefficient (Wildman–Crippen LogP) is 4.11. The number of para-hydroxylation sites is 2. The average molecular weight is 418 g/mol. The topological polar surface area (TPSA) is 95.3 Å². The SMILES string of the molecule is CCOC(=O)c1c(NC(=O)CC)n(-c2ccc(OC)cc2)c2nc3ccccc3nc12. The molecule has 4 aromatic rings. The van der Waals surface area contributed by atoms with Gasteiger partial charge in [-0.15, -0.1) is 0 Å². The first-order chi connectivity index (χ1) is 15.1. The molecule has 31 heavy (non-hydrogen) atoms. The van der Waals surface area contributed by atoms with Crippen LogP contribution in [0.5, 0.6) is 5.75 Å². The molecule has 4 rings (SSSR count). The van der Waals surface area contributed by atoms with E-state index in [0.29, 0.717) is 33.6 Å². The zero-order valence-corrected chi connectivity index (χ0v) is 17.5. The van der Waals surface area contributed by atoms with Crippen molar-refractivity contribution in [2.24, 2.45) is 0 Å². The van der Waals surface area contributed by atoms with Crippen LogP contribution in [-0.2, 0) is 9.53 Å². The number of amides is 1. The van der Waals surface area contributed by atoms with E-state index < -0.39 is 5.97 Å². The molecule has 2 heterocycles. The Kier molecular flexibility index (Phi) is 5.53. The van der Waals surface area contributed by atoms with Gasteiger partial charge in [-0.05, 0) is 43.3 Å². The van der Waals surface area contributed by atoms with Crippen LogP contribution >= 0.6 is 0 Å². The quantitative estimate of drug-likeness (QED) is 0.474. The molecule has 2 aromatic heterocycles. The lowest BCUT2D eigenvalue weighted by atomic mass is 10.2.